The lowest BCUT2D eigenvalue weighted by Crippen LogP contribution is -2.66. The maximum atomic E-state index is 13.4. The van der Waals surface area contributed by atoms with Gasteiger partial charge in [-0.05, 0) is 34.3 Å². The van der Waals surface area contributed by atoms with Gasteiger partial charge in [0.1, 0.15) is 24.9 Å². The van der Waals surface area contributed by atoms with Crippen molar-refractivity contribution < 1.29 is 27.2 Å². The first kappa shape index (κ1) is 34.2. The zero-order valence-electron chi connectivity index (χ0n) is 26.0. The van der Waals surface area contributed by atoms with Gasteiger partial charge in [-0.3, -0.25) is 4.57 Å². The van der Waals surface area contributed by atoms with Crippen LogP contribution in [0.4, 0.5) is 0 Å². The van der Waals surface area contributed by atoms with Crippen molar-refractivity contribution in [1.29, 1.82) is 0 Å². The molecule has 2 fully saturated rings. The molecule has 0 aliphatic carbocycles. The molecule has 4 atom stereocenters. The van der Waals surface area contributed by atoms with Gasteiger partial charge in [0.2, 0.25) is 5.88 Å². The molecule has 9 nitrogen and oxygen atoms in total. The summed E-state index contributed by atoms with van der Waals surface area (Å²) >= 11 is 12.5. The zero-order chi connectivity index (χ0) is 31.7. The summed E-state index contributed by atoms with van der Waals surface area (Å²) in [6.07, 6.45) is 4.41. The molecule has 2 aromatic rings. The molecule has 0 amide bonds. The minimum atomic E-state index is -2.98. The quantitative estimate of drug-likeness (QED) is 0.204. The second-order valence-electron chi connectivity index (χ2n) is 12.2. The topological polar surface area (TPSA) is 90.3 Å². The van der Waals surface area contributed by atoms with E-state index in [1.54, 1.807) is 30.5 Å². The SMILES string of the molecule is C#CCO[C@@H]1[C@@H]2O[Si](C(C)C)(C(C)C)O[Si](C(C)C)(C(C)C)OC[C@H]2O[C@H]1n1ccc(Oc2c(Cl)cccc2Cl)nc1=O. The fourth-order valence-corrected chi connectivity index (χ4v) is 17.7. The molecule has 43 heavy (non-hydrogen) atoms. The van der Waals surface area contributed by atoms with Crippen molar-refractivity contribution in [2.75, 3.05) is 13.2 Å². The third kappa shape index (κ3) is 6.64. The number of hydrogen-bond acceptors (Lipinski definition) is 8. The zero-order valence-corrected chi connectivity index (χ0v) is 29.5. The maximum absolute atomic E-state index is 13.4. The molecule has 0 spiro atoms. The highest BCUT2D eigenvalue weighted by Crippen LogP contribution is 2.48. The third-order valence-electron chi connectivity index (χ3n) is 8.18. The lowest BCUT2D eigenvalue weighted by molar-refractivity contribution is -0.0676. The van der Waals surface area contributed by atoms with E-state index in [4.69, 9.17) is 56.8 Å². The Bertz CT molecular complexity index is 1340. The van der Waals surface area contributed by atoms with E-state index in [1.807, 2.05) is 0 Å². The van der Waals surface area contributed by atoms with Gasteiger partial charge in [0, 0.05) is 12.3 Å². The first-order valence-corrected chi connectivity index (χ1v) is 19.4. The van der Waals surface area contributed by atoms with E-state index in [-0.39, 0.29) is 47.0 Å². The third-order valence-corrected chi connectivity index (χ3v) is 19.0. The number of rotatable bonds is 9. The summed E-state index contributed by atoms with van der Waals surface area (Å²) in [5.41, 5.74) is -0.0637. The lowest BCUT2D eigenvalue weighted by atomic mass is 10.1. The van der Waals surface area contributed by atoms with Crippen LogP contribution in [-0.2, 0) is 22.4 Å². The number of para-hydroxylation sites is 1. The summed E-state index contributed by atoms with van der Waals surface area (Å²) < 4.78 is 41.2. The normalized spacial score (nSPS) is 25.0. The number of halogens is 2. The molecule has 0 saturated carbocycles. The molecule has 1 aromatic carbocycles. The second-order valence-corrected chi connectivity index (χ2v) is 21.9. The average Bonchev–Trinajstić information content (AvgIpc) is 3.24. The number of benzene rings is 1. The first-order chi connectivity index (χ1) is 20.3. The molecule has 236 valence electrons. The Hall–Kier alpha value is -1.73. The van der Waals surface area contributed by atoms with Gasteiger partial charge in [-0.2, -0.15) is 4.98 Å². The van der Waals surface area contributed by atoms with Crippen molar-refractivity contribution in [2.45, 2.75) is 102 Å². The van der Waals surface area contributed by atoms with Crippen LogP contribution in [0.2, 0.25) is 32.2 Å². The van der Waals surface area contributed by atoms with E-state index >= 15 is 0 Å². The van der Waals surface area contributed by atoms with Gasteiger partial charge >= 0.3 is 22.8 Å². The smallest absolute Gasteiger partial charge is 0.353 e. The molecule has 0 unspecified atom stereocenters. The Morgan fingerprint density at radius 1 is 1.02 bits per heavy atom. The number of nitrogens with zero attached hydrogens (tertiary/aromatic N) is 2. The molecular weight excluding hydrogens is 627 g/mol. The molecule has 2 aliphatic rings. The number of aromatic nitrogens is 2. The van der Waals surface area contributed by atoms with E-state index in [2.05, 4.69) is 66.3 Å². The molecule has 1 aromatic heterocycles. The monoisotopic (exact) mass is 668 g/mol. The Morgan fingerprint density at radius 2 is 1.63 bits per heavy atom. The van der Waals surface area contributed by atoms with Gasteiger partial charge < -0.3 is 27.2 Å². The Morgan fingerprint density at radius 3 is 2.16 bits per heavy atom. The van der Waals surface area contributed by atoms with Crippen LogP contribution in [0.25, 0.3) is 0 Å². The number of ether oxygens (including phenoxy) is 3. The minimum absolute atomic E-state index is 0.00177. The second kappa shape index (κ2) is 13.7. The van der Waals surface area contributed by atoms with Gasteiger partial charge in [-0.1, -0.05) is 90.6 Å². The molecule has 0 bridgehead atoms. The summed E-state index contributed by atoms with van der Waals surface area (Å²) in [5.74, 6) is 2.77. The fraction of sp³-hybridized carbons (Fsp3) is 0.600. The van der Waals surface area contributed by atoms with Crippen molar-refractivity contribution in [3.8, 4) is 24.0 Å². The van der Waals surface area contributed by atoms with Crippen molar-refractivity contribution in [3.63, 3.8) is 0 Å². The number of fused-ring (bicyclic) bond motifs is 1. The highest BCUT2D eigenvalue weighted by atomic mass is 35.5. The summed E-state index contributed by atoms with van der Waals surface area (Å²) in [5, 5.41) is 0.586. The highest BCUT2D eigenvalue weighted by Gasteiger charge is 2.62. The van der Waals surface area contributed by atoms with Crippen LogP contribution in [-0.4, -0.2) is 58.2 Å². The van der Waals surface area contributed by atoms with E-state index in [0.717, 1.165) is 0 Å². The molecule has 13 heteroatoms. The molecule has 2 aliphatic heterocycles. The van der Waals surface area contributed by atoms with Gasteiger partial charge in [0.25, 0.3) is 0 Å². The van der Waals surface area contributed by atoms with Crippen LogP contribution in [0.15, 0.2) is 35.3 Å². The average molecular weight is 670 g/mol. The Kier molecular flexibility index (Phi) is 10.9. The fourth-order valence-electron chi connectivity index (χ4n) is 6.00. The first-order valence-electron chi connectivity index (χ1n) is 14.7. The van der Waals surface area contributed by atoms with Crippen LogP contribution in [0.3, 0.4) is 0 Å². The van der Waals surface area contributed by atoms with Crippen LogP contribution in [0.5, 0.6) is 11.6 Å². The summed E-state index contributed by atoms with van der Waals surface area (Å²) in [6, 6.07) is 6.51. The predicted octanol–water partition coefficient (Wildman–Crippen LogP) is 7.21. The van der Waals surface area contributed by atoms with E-state index in [9.17, 15) is 4.79 Å². The van der Waals surface area contributed by atoms with E-state index < -0.39 is 47.4 Å². The van der Waals surface area contributed by atoms with Crippen molar-refractivity contribution in [2.24, 2.45) is 0 Å². The van der Waals surface area contributed by atoms with Crippen LogP contribution < -0.4 is 10.4 Å². The minimum Gasteiger partial charge on any atom is -0.436 e. The van der Waals surface area contributed by atoms with Gasteiger partial charge in [0.15, 0.2) is 12.0 Å². The molecular formula is C30H42Cl2N2O7Si2. The Balaban J connectivity index is 1.75. The maximum Gasteiger partial charge on any atom is 0.353 e. The molecule has 2 saturated heterocycles. The molecule has 0 radical (unpaired) electrons. The lowest BCUT2D eigenvalue weighted by Gasteiger charge is -2.51. The number of terminal acetylenes is 1. The van der Waals surface area contributed by atoms with Crippen LogP contribution in [0, 0.1) is 12.3 Å². The number of hydrogen-bond donors (Lipinski definition) is 0. The summed E-state index contributed by atoms with van der Waals surface area (Å²) in [6.45, 7) is 17.4. The molecule has 4 rings (SSSR count). The van der Waals surface area contributed by atoms with Gasteiger partial charge in [-0.25, -0.2) is 4.79 Å². The van der Waals surface area contributed by atoms with Crippen molar-refractivity contribution >= 4 is 40.3 Å². The highest BCUT2D eigenvalue weighted by molar-refractivity contribution is 6.84. The van der Waals surface area contributed by atoms with Gasteiger partial charge in [0.05, 0.1) is 16.7 Å². The molecule has 0 N–H and O–H groups in total. The summed E-state index contributed by atoms with van der Waals surface area (Å²) in [4.78, 5) is 17.6. The standard InChI is InChI=1S/C30H42Cl2N2O7Si2/c1-10-16-36-28-27-24(17-37-42(18(2)3,19(4)5)41-43(40-27,20(6)7)21(8)9)38-29(28)34-15-14-25(33-30(34)35)39-26-22(31)12-11-13-23(26)32/h1,11-15,18-21,24,27-29H,16-17H2,2-9H3/t24-,27-,28-,29-/m1/s1. The van der Waals surface area contributed by atoms with Crippen molar-refractivity contribution in [1.82, 2.24) is 9.55 Å². The predicted molar refractivity (Wildman–Crippen MR) is 171 cm³/mol. The van der Waals surface area contributed by atoms with Gasteiger partial charge in [-0.15, -0.1) is 6.42 Å². The largest absolute Gasteiger partial charge is 0.436 e. The van der Waals surface area contributed by atoms with Crippen LogP contribution in [0.1, 0.15) is 61.6 Å². The van der Waals surface area contributed by atoms with E-state index in [0.29, 0.717) is 10.0 Å². The molecule has 3 heterocycles. The Labute approximate surface area is 266 Å². The van der Waals surface area contributed by atoms with E-state index in [1.165, 1.54) is 4.57 Å². The van der Waals surface area contributed by atoms with Crippen molar-refractivity contribution in [3.05, 3.63) is 51.0 Å². The van der Waals surface area contributed by atoms with Crippen LogP contribution >= 0.6 is 23.2 Å². The summed E-state index contributed by atoms with van der Waals surface area (Å²) in [7, 11) is -5.77.